The largest absolute Gasteiger partial charge is 0.460 e. The number of esters is 1. The molecule has 7 nitrogen and oxygen atoms in total. The van der Waals surface area contributed by atoms with E-state index in [1.165, 1.54) is 0 Å². The molecule has 0 saturated carbocycles. The molecule has 7 heteroatoms. The predicted octanol–water partition coefficient (Wildman–Crippen LogP) is 4.12. The molecular formula is C26H32N4O3. The maximum atomic E-state index is 12.8. The minimum absolute atomic E-state index is 0.0958. The van der Waals surface area contributed by atoms with E-state index in [9.17, 15) is 9.59 Å². The van der Waals surface area contributed by atoms with Crippen LogP contribution in [-0.2, 0) is 35.8 Å². The molecule has 3 rings (SSSR count). The normalized spacial score (nSPS) is 11.5. The first-order chi connectivity index (χ1) is 15.5. The van der Waals surface area contributed by atoms with E-state index < -0.39 is 5.60 Å². The second-order valence-electron chi connectivity index (χ2n) is 9.32. The van der Waals surface area contributed by atoms with Gasteiger partial charge in [-0.25, -0.2) is 4.98 Å². The topological polar surface area (TPSA) is 87.0 Å². The average molecular weight is 449 g/mol. The predicted molar refractivity (Wildman–Crippen MR) is 126 cm³/mol. The summed E-state index contributed by atoms with van der Waals surface area (Å²) in [6.45, 7) is 9.41. The van der Waals surface area contributed by atoms with Gasteiger partial charge in [0.2, 0.25) is 11.6 Å². The number of carbonyl (C=O) groups excluding carboxylic acids is 2. The van der Waals surface area contributed by atoms with Crippen molar-refractivity contribution in [1.29, 1.82) is 0 Å². The van der Waals surface area contributed by atoms with Crippen molar-refractivity contribution in [3.8, 4) is 0 Å². The lowest BCUT2D eigenvalue weighted by Gasteiger charge is -2.19. The number of ether oxygens (including phenoxy) is 1. The number of carbonyl (C=O) groups is 2. The lowest BCUT2D eigenvalue weighted by molar-refractivity contribution is -0.154. The van der Waals surface area contributed by atoms with E-state index in [0.717, 1.165) is 28.2 Å². The van der Waals surface area contributed by atoms with Crippen LogP contribution in [0.1, 0.15) is 71.7 Å². The Bertz CT molecular complexity index is 1120. The number of nitrogens with zero attached hydrogens (tertiary/aromatic N) is 4. The number of benzene rings is 1. The fraction of sp³-hybridized carbons (Fsp3) is 0.423. The molecule has 0 aliphatic rings. The van der Waals surface area contributed by atoms with Crippen LogP contribution < -0.4 is 0 Å². The molecule has 0 radical (unpaired) electrons. The van der Waals surface area contributed by atoms with Crippen LogP contribution in [0.2, 0.25) is 0 Å². The van der Waals surface area contributed by atoms with Crippen LogP contribution in [-0.4, -0.2) is 37.1 Å². The van der Waals surface area contributed by atoms with Gasteiger partial charge < -0.3 is 4.74 Å². The van der Waals surface area contributed by atoms with Crippen molar-refractivity contribution in [3.63, 3.8) is 0 Å². The van der Waals surface area contributed by atoms with Crippen molar-refractivity contribution in [1.82, 2.24) is 19.7 Å². The van der Waals surface area contributed by atoms with Gasteiger partial charge in [0.25, 0.3) is 0 Å². The molecule has 3 aromatic rings. The Morgan fingerprint density at radius 1 is 1.06 bits per heavy atom. The molecule has 0 spiro atoms. The van der Waals surface area contributed by atoms with E-state index in [0.29, 0.717) is 25.0 Å². The zero-order valence-corrected chi connectivity index (χ0v) is 20.3. The van der Waals surface area contributed by atoms with Crippen LogP contribution in [0, 0.1) is 13.8 Å². The van der Waals surface area contributed by atoms with Gasteiger partial charge in [-0.1, -0.05) is 30.3 Å². The minimum Gasteiger partial charge on any atom is -0.460 e. The SMILES string of the molecule is Cc1cc(CC(=O)OC(C)(C)C)nc(C)c1CCC(=O)c1nc(Cc2ccccc2)n(C)n1. The molecule has 0 aliphatic heterocycles. The first-order valence-corrected chi connectivity index (χ1v) is 11.2. The van der Waals surface area contributed by atoms with Crippen LogP contribution in [0.4, 0.5) is 0 Å². The molecule has 174 valence electrons. The second kappa shape index (κ2) is 10.1. The van der Waals surface area contributed by atoms with Gasteiger partial charge in [0.1, 0.15) is 11.4 Å². The van der Waals surface area contributed by atoms with Gasteiger partial charge >= 0.3 is 5.97 Å². The first kappa shape index (κ1) is 24.3. The number of aromatic nitrogens is 4. The van der Waals surface area contributed by atoms with Crippen LogP contribution in [0.5, 0.6) is 0 Å². The van der Waals surface area contributed by atoms with Gasteiger partial charge in [0, 0.05) is 25.6 Å². The first-order valence-electron chi connectivity index (χ1n) is 11.2. The summed E-state index contributed by atoms with van der Waals surface area (Å²) < 4.78 is 7.06. The van der Waals surface area contributed by atoms with Gasteiger partial charge in [-0.05, 0) is 63.8 Å². The van der Waals surface area contributed by atoms with E-state index in [1.54, 1.807) is 4.68 Å². The van der Waals surface area contributed by atoms with Crippen molar-refractivity contribution in [2.75, 3.05) is 0 Å². The molecule has 33 heavy (non-hydrogen) atoms. The zero-order valence-electron chi connectivity index (χ0n) is 20.3. The second-order valence-corrected chi connectivity index (χ2v) is 9.32. The molecule has 1 aromatic carbocycles. The lowest BCUT2D eigenvalue weighted by atomic mass is 10.00. The smallest absolute Gasteiger partial charge is 0.312 e. The van der Waals surface area contributed by atoms with Crippen LogP contribution >= 0.6 is 0 Å². The van der Waals surface area contributed by atoms with E-state index >= 15 is 0 Å². The van der Waals surface area contributed by atoms with Crippen molar-refractivity contribution in [2.24, 2.45) is 7.05 Å². The highest BCUT2D eigenvalue weighted by Crippen LogP contribution is 2.18. The molecule has 0 fully saturated rings. The third-order valence-electron chi connectivity index (χ3n) is 5.26. The number of rotatable bonds is 8. The summed E-state index contributed by atoms with van der Waals surface area (Å²) in [5, 5.41) is 4.33. The van der Waals surface area contributed by atoms with E-state index in [-0.39, 0.29) is 24.0 Å². The number of ketones is 1. The Balaban J connectivity index is 1.64. The quantitative estimate of drug-likeness (QED) is 0.381. The van der Waals surface area contributed by atoms with E-state index in [1.807, 2.05) is 78.1 Å². The Morgan fingerprint density at radius 2 is 1.76 bits per heavy atom. The van der Waals surface area contributed by atoms with Crippen molar-refractivity contribution >= 4 is 11.8 Å². The number of Topliss-reactive ketones (excluding diaryl/α,β-unsaturated/α-hetero) is 1. The molecule has 2 aromatic heterocycles. The minimum atomic E-state index is -0.526. The van der Waals surface area contributed by atoms with Gasteiger partial charge in [0.15, 0.2) is 0 Å². The van der Waals surface area contributed by atoms with Crippen LogP contribution in [0.15, 0.2) is 36.4 Å². The Labute approximate surface area is 195 Å². The Kier molecular flexibility index (Phi) is 7.41. The third kappa shape index (κ3) is 6.81. The summed E-state index contributed by atoms with van der Waals surface area (Å²) in [6, 6.07) is 11.9. The van der Waals surface area contributed by atoms with Crippen LogP contribution in [0.3, 0.4) is 0 Å². The summed E-state index contributed by atoms with van der Waals surface area (Å²) in [6.07, 6.45) is 1.59. The zero-order chi connectivity index (χ0) is 24.2. The molecule has 0 N–H and O–H groups in total. The molecule has 0 bridgehead atoms. The maximum Gasteiger partial charge on any atom is 0.312 e. The molecule has 0 saturated heterocycles. The summed E-state index contributed by atoms with van der Waals surface area (Å²) in [5.74, 6) is 0.601. The summed E-state index contributed by atoms with van der Waals surface area (Å²) >= 11 is 0. The van der Waals surface area contributed by atoms with Gasteiger partial charge in [-0.3, -0.25) is 19.3 Å². The van der Waals surface area contributed by atoms with Crippen molar-refractivity contribution in [2.45, 2.75) is 65.9 Å². The van der Waals surface area contributed by atoms with Crippen molar-refractivity contribution in [3.05, 3.63) is 76.1 Å². The van der Waals surface area contributed by atoms with Gasteiger partial charge in [0.05, 0.1) is 12.1 Å². The third-order valence-corrected chi connectivity index (χ3v) is 5.26. The molecular weight excluding hydrogens is 416 g/mol. The van der Waals surface area contributed by atoms with Gasteiger partial charge in [-0.2, -0.15) is 0 Å². The van der Waals surface area contributed by atoms with E-state index in [4.69, 9.17) is 4.74 Å². The van der Waals surface area contributed by atoms with Gasteiger partial charge in [-0.15, -0.1) is 5.10 Å². The summed E-state index contributed by atoms with van der Waals surface area (Å²) in [4.78, 5) is 34.0. The van der Waals surface area contributed by atoms with Crippen LogP contribution in [0.25, 0.3) is 0 Å². The number of aryl methyl sites for hydroxylation is 3. The molecule has 0 aliphatic carbocycles. The average Bonchev–Trinajstić information content (AvgIpc) is 3.07. The molecule has 0 amide bonds. The Hall–Kier alpha value is -3.35. The standard InChI is InChI=1S/C26H32N4O3/c1-17-14-20(16-24(32)33-26(3,4)5)27-18(2)21(17)12-13-22(31)25-28-23(30(6)29-25)15-19-10-8-7-9-11-19/h7-11,14H,12-13,15-16H2,1-6H3. The summed E-state index contributed by atoms with van der Waals surface area (Å²) in [7, 11) is 1.81. The maximum absolute atomic E-state index is 12.8. The number of hydrogen-bond acceptors (Lipinski definition) is 6. The monoisotopic (exact) mass is 448 g/mol. The van der Waals surface area contributed by atoms with E-state index in [2.05, 4.69) is 15.1 Å². The molecule has 0 unspecified atom stereocenters. The fourth-order valence-corrected chi connectivity index (χ4v) is 3.75. The summed E-state index contributed by atoms with van der Waals surface area (Å²) in [5.41, 5.74) is 4.11. The lowest BCUT2D eigenvalue weighted by Crippen LogP contribution is -2.25. The molecule has 2 heterocycles. The molecule has 0 atom stereocenters. The van der Waals surface area contributed by atoms with Crippen molar-refractivity contribution < 1.29 is 14.3 Å². The highest BCUT2D eigenvalue weighted by atomic mass is 16.6. The Morgan fingerprint density at radius 3 is 2.39 bits per heavy atom. The highest BCUT2D eigenvalue weighted by molar-refractivity contribution is 5.92. The fourth-order valence-electron chi connectivity index (χ4n) is 3.75. The number of pyridine rings is 1. The highest BCUT2D eigenvalue weighted by Gasteiger charge is 2.19. The number of hydrogen-bond donors (Lipinski definition) is 0.